The normalized spacial score (nSPS) is 19.4. The second kappa shape index (κ2) is 8.66. The van der Waals surface area contributed by atoms with Gasteiger partial charge in [-0.1, -0.05) is 0 Å². The third kappa shape index (κ3) is 4.20. The number of methoxy groups -OCH3 is 1. The highest BCUT2D eigenvalue weighted by Gasteiger charge is 2.24. The van der Waals surface area contributed by atoms with Crippen molar-refractivity contribution in [1.82, 2.24) is 14.7 Å². The maximum Gasteiger partial charge on any atom is 0.173 e. The van der Waals surface area contributed by atoms with Crippen LogP contribution in [0.1, 0.15) is 25.1 Å². The summed E-state index contributed by atoms with van der Waals surface area (Å²) in [5.41, 5.74) is 10.3. The Morgan fingerprint density at radius 1 is 1.25 bits per heavy atom. The van der Waals surface area contributed by atoms with E-state index in [1.807, 2.05) is 26.1 Å². The van der Waals surface area contributed by atoms with E-state index >= 15 is 0 Å². The molecule has 9 heteroatoms. The van der Waals surface area contributed by atoms with Gasteiger partial charge in [-0.25, -0.2) is 14.4 Å². The number of benzene rings is 1. The number of aromatic nitrogens is 2. The number of hydrogen-bond donors (Lipinski definition) is 3. The molecule has 32 heavy (non-hydrogen) atoms. The number of ether oxygens (including phenoxy) is 1. The van der Waals surface area contributed by atoms with Crippen LogP contribution in [0.15, 0.2) is 35.6 Å². The fourth-order valence-corrected chi connectivity index (χ4v) is 4.36. The van der Waals surface area contributed by atoms with Crippen molar-refractivity contribution >= 4 is 28.5 Å². The number of aryl methyl sites for hydroxylation is 1. The Balaban J connectivity index is 1.75. The zero-order valence-corrected chi connectivity index (χ0v) is 19.1. The van der Waals surface area contributed by atoms with Crippen LogP contribution in [0.2, 0.25) is 0 Å². The van der Waals surface area contributed by atoms with Crippen LogP contribution in [0.4, 0.5) is 21.5 Å². The molecule has 1 aliphatic rings. The van der Waals surface area contributed by atoms with Crippen molar-refractivity contribution in [3.8, 4) is 5.75 Å². The lowest BCUT2D eigenvalue weighted by atomic mass is 10.1. The van der Waals surface area contributed by atoms with Crippen LogP contribution in [-0.2, 0) is 0 Å². The van der Waals surface area contributed by atoms with Gasteiger partial charge in [-0.2, -0.15) is 0 Å². The van der Waals surface area contributed by atoms with Crippen LogP contribution in [0.3, 0.4) is 0 Å². The first kappa shape index (κ1) is 21.9. The predicted octanol–water partition coefficient (Wildman–Crippen LogP) is 3.06. The smallest absolute Gasteiger partial charge is 0.173 e. The number of pyridine rings is 1. The van der Waals surface area contributed by atoms with Gasteiger partial charge in [-0.15, -0.1) is 0 Å². The van der Waals surface area contributed by atoms with Crippen LogP contribution in [0.5, 0.6) is 5.75 Å². The van der Waals surface area contributed by atoms with Gasteiger partial charge in [0.15, 0.2) is 11.5 Å². The Bertz CT molecular complexity index is 1140. The third-order valence-corrected chi connectivity index (χ3v) is 5.62. The SMILES string of the molecule is CNc1cc(N2CC(C)NC(C)C2)cc(OC)c1C(N)=Nc1cc(F)c2nc(C)cn2c1. The Morgan fingerprint density at radius 2 is 1.97 bits per heavy atom. The van der Waals surface area contributed by atoms with Crippen LogP contribution in [-0.4, -0.2) is 54.6 Å². The Morgan fingerprint density at radius 3 is 2.62 bits per heavy atom. The third-order valence-electron chi connectivity index (χ3n) is 5.62. The minimum atomic E-state index is -0.453. The molecular weight excluding hydrogens is 409 g/mol. The highest BCUT2D eigenvalue weighted by Crippen LogP contribution is 2.34. The first-order valence-electron chi connectivity index (χ1n) is 10.7. The summed E-state index contributed by atoms with van der Waals surface area (Å²) in [6.07, 6.45) is 3.45. The van der Waals surface area contributed by atoms with Crippen LogP contribution < -0.4 is 26.0 Å². The number of rotatable bonds is 5. The average molecular weight is 440 g/mol. The summed E-state index contributed by atoms with van der Waals surface area (Å²) in [6, 6.07) is 6.12. The van der Waals surface area contributed by atoms with Gasteiger partial charge in [-0.3, -0.25) is 0 Å². The molecule has 2 atom stereocenters. The van der Waals surface area contributed by atoms with E-state index in [-0.39, 0.29) is 11.5 Å². The number of nitrogens with two attached hydrogens (primary N) is 1. The molecule has 2 aromatic heterocycles. The average Bonchev–Trinajstić information content (AvgIpc) is 3.12. The van der Waals surface area contributed by atoms with Gasteiger partial charge in [0.2, 0.25) is 0 Å². The van der Waals surface area contributed by atoms with Gasteiger partial charge < -0.3 is 30.4 Å². The van der Waals surface area contributed by atoms with E-state index in [9.17, 15) is 4.39 Å². The number of nitrogens with zero attached hydrogens (tertiary/aromatic N) is 4. The molecule has 1 fully saturated rings. The number of halogens is 1. The van der Waals surface area contributed by atoms with Gasteiger partial charge in [0.1, 0.15) is 11.6 Å². The number of aliphatic imine (C=N–C) groups is 1. The molecule has 0 aliphatic carbocycles. The lowest BCUT2D eigenvalue weighted by Gasteiger charge is -2.38. The van der Waals surface area contributed by atoms with E-state index in [1.54, 1.807) is 23.9 Å². The molecule has 0 amide bonds. The van der Waals surface area contributed by atoms with Gasteiger partial charge >= 0.3 is 0 Å². The van der Waals surface area contributed by atoms with Crippen LogP contribution in [0, 0.1) is 12.7 Å². The van der Waals surface area contributed by atoms with E-state index in [0.717, 1.165) is 30.2 Å². The number of hydrogen-bond acceptors (Lipinski definition) is 6. The molecule has 1 aliphatic heterocycles. The largest absolute Gasteiger partial charge is 0.496 e. The molecule has 170 valence electrons. The van der Waals surface area contributed by atoms with Crippen LogP contribution in [0.25, 0.3) is 5.65 Å². The van der Waals surface area contributed by atoms with Gasteiger partial charge in [0, 0.05) is 62.4 Å². The summed E-state index contributed by atoms with van der Waals surface area (Å²) in [4.78, 5) is 11.0. The van der Waals surface area contributed by atoms with Crippen molar-refractivity contribution in [3.63, 3.8) is 0 Å². The molecule has 3 heterocycles. The van der Waals surface area contributed by atoms with Crippen molar-refractivity contribution in [2.45, 2.75) is 32.9 Å². The van der Waals surface area contributed by atoms with Gasteiger partial charge in [0.05, 0.1) is 29.7 Å². The minimum Gasteiger partial charge on any atom is -0.496 e. The Labute approximate surface area is 187 Å². The van der Waals surface area contributed by atoms with Crippen molar-refractivity contribution in [2.75, 3.05) is 37.5 Å². The number of amidine groups is 1. The molecule has 0 radical (unpaired) electrons. The van der Waals surface area contributed by atoms with Crippen LogP contribution >= 0.6 is 0 Å². The first-order valence-corrected chi connectivity index (χ1v) is 10.7. The van der Waals surface area contributed by atoms with E-state index < -0.39 is 5.82 Å². The number of piperazine rings is 1. The van der Waals surface area contributed by atoms with E-state index in [0.29, 0.717) is 29.1 Å². The molecule has 0 spiro atoms. The Kier molecular flexibility index (Phi) is 5.92. The molecule has 1 saturated heterocycles. The maximum atomic E-state index is 14.5. The molecule has 1 aromatic carbocycles. The number of anilines is 2. The molecule has 0 saturated carbocycles. The molecule has 0 bridgehead atoms. The summed E-state index contributed by atoms with van der Waals surface area (Å²) in [5.74, 6) is 0.382. The lowest BCUT2D eigenvalue weighted by Crippen LogP contribution is -2.54. The van der Waals surface area contributed by atoms with Crippen molar-refractivity contribution in [2.24, 2.45) is 10.7 Å². The molecular formula is C23H30FN7O. The molecule has 4 rings (SSSR count). The molecule has 8 nitrogen and oxygen atoms in total. The predicted molar refractivity (Wildman–Crippen MR) is 127 cm³/mol. The molecule has 2 unspecified atom stereocenters. The van der Waals surface area contributed by atoms with E-state index in [1.165, 1.54) is 6.07 Å². The summed E-state index contributed by atoms with van der Waals surface area (Å²) >= 11 is 0. The Hall–Kier alpha value is -3.33. The summed E-state index contributed by atoms with van der Waals surface area (Å²) in [7, 11) is 3.44. The standard InChI is InChI=1S/C23H30FN7O/c1-13-9-30(10-14(2)27-13)17-7-19(26-4)21(20(8-17)32-5)22(25)29-16-6-18(24)23-28-15(3)11-31(23)12-16/h6-8,11-14,26-27H,9-10H2,1-5H3,(H2,25,29). The minimum absolute atomic E-state index is 0.232. The summed E-state index contributed by atoms with van der Waals surface area (Å²) in [6.45, 7) is 7.95. The van der Waals surface area contributed by atoms with Gasteiger partial charge in [-0.05, 0) is 26.8 Å². The zero-order valence-electron chi connectivity index (χ0n) is 19.1. The maximum absolute atomic E-state index is 14.5. The number of fused-ring (bicyclic) bond motifs is 1. The molecule has 3 aromatic rings. The van der Waals surface area contributed by atoms with Crippen molar-refractivity contribution < 1.29 is 9.13 Å². The summed E-state index contributed by atoms with van der Waals surface area (Å²) in [5, 5.41) is 6.76. The molecule has 4 N–H and O–H groups in total. The van der Waals surface area contributed by atoms with Gasteiger partial charge in [0.25, 0.3) is 0 Å². The van der Waals surface area contributed by atoms with Crippen molar-refractivity contribution in [3.05, 3.63) is 47.7 Å². The highest BCUT2D eigenvalue weighted by molar-refractivity contribution is 6.06. The highest BCUT2D eigenvalue weighted by atomic mass is 19.1. The van der Waals surface area contributed by atoms with E-state index in [4.69, 9.17) is 10.5 Å². The quantitative estimate of drug-likeness (QED) is 0.418. The number of imidazole rings is 1. The first-order chi connectivity index (χ1) is 15.3. The number of nitrogens with one attached hydrogen (secondary N) is 2. The summed E-state index contributed by atoms with van der Waals surface area (Å²) < 4.78 is 21.8. The van der Waals surface area contributed by atoms with E-state index in [2.05, 4.69) is 39.4 Å². The van der Waals surface area contributed by atoms with Crippen molar-refractivity contribution in [1.29, 1.82) is 0 Å². The zero-order chi connectivity index (χ0) is 23.0. The topological polar surface area (TPSA) is 92.2 Å². The fraction of sp³-hybridized carbons (Fsp3) is 0.391. The fourth-order valence-electron chi connectivity index (χ4n) is 4.36. The second-order valence-corrected chi connectivity index (χ2v) is 8.35. The second-order valence-electron chi connectivity index (χ2n) is 8.35. The lowest BCUT2D eigenvalue weighted by molar-refractivity contribution is 0.403. The monoisotopic (exact) mass is 439 g/mol.